The van der Waals surface area contributed by atoms with Crippen molar-refractivity contribution < 1.29 is 0 Å². The Morgan fingerprint density at radius 1 is 0.308 bits per heavy atom. The number of rotatable bonds is 3. The predicted molar refractivity (Wildman–Crippen MR) is 171 cm³/mol. The summed E-state index contributed by atoms with van der Waals surface area (Å²) in [6.07, 6.45) is 0. The van der Waals surface area contributed by atoms with Crippen LogP contribution in [0, 0.1) is 0 Å². The average molecular weight is 513 g/mol. The lowest BCUT2D eigenvalue weighted by Crippen LogP contribution is -1.92. The van der Waals surface area contributed by atoms with E-state index in [0.717, 1.165) is 0 Å². The van der Waals surface area contributed by atoms with Crippen molar-refractivity contribution in [2.75, 3.05) is 0 Å². The largest absolute Gasteiger partial charge is 0.135 e. The van der Waals surface area contributed by atoms with Gasteiger partial charge < -0.3 is 0 Å². The second kappa shape index (κ2) is 8.94. The molecule has 182 valence electrons. The number of hydrogen-bond donors (Lipinski definition) is 0. The van der Waals surface area contributed by atoms with Crippen LogP contribution in [0.3, 0.4) is 0 Å². The summed E-state index contributed by atoms with van der Waals surface area (Å²) < 4.78 is 2.69. The summed E-state index contributed by atoms with van der Waals surface area (Å²) in [6.45, 7) is 0. The molecular weight excluding hydrogens is 488 g/mol. The Morgan fingerprint density at radius 2 is 0.769 bits per heavy atom. The topological polar surface area (TPSA) is 0 Å². The zero-order chi connectivity index (χ0) is 25.8. The standard InChI is InChI=1S/C38H24S/c1-2-13-25(14-3-1)26-15-4-5-17-28(26)36-29-18-6-8-20-31(29)37(32-21-9-7-19-30(32)36)34-23-12-22-33-27-16-10-11-24-35(27)39-38(33)34/h1-24H. The van der Waals surface area contributed by atoms with E-state index in [9.17, 15) is 0 Å². The van der Waals surface area contributed by atoms with Crippen molar-refractivity contribution in [3.63, 3.8) is 0 Å². The van der Waals surface area contributed by atoms with Gasteiger partial charge in [-0.2, -0.15) is 0 Å². The predicted octanol–water partition coefficient (Wildman–Crippen LogP) is 11.4. The van der Waals surface area contributed by atoms with Crippen LogP contribution in [0.15, 0.2) is 146 Å². The summed E-state index contributed by atoms with van der Waals surface area (Å²) in [5, 5.41) is 7.82. The van der Waals surface area contributed by atoms with Crippen LogP contribution in [0.1, 0.15) is 0 Å². The maximum atomic E-state index is 2.31. The molecule has 0 saturated heterocycles. The van der Waals surface area contributed by atoms with Crippen LogP contribution in [-0.4, -0.2) is 0 Å². The van der Waals surface area contributed by atoms with Gasteiger partial charge in [0, 0.05) is 25.7 Å². The molecule has 7 aromatic carbocycles. The highest BCUT2D eigenvalue weighted by Gasteiger charge is 2.20. The third kappa shape index (κ3) is 3.44. The smallest absolute Gasteiger partial charge is 0.0434 e. The van der Waals surface area contributed by atoms with Gasteiger partial charge in [-0.1, -0.05) is 140 Å². The Morgan fingerprint density at radius 3 is 1.44 bits per heavy atom. The molecule has 0 amide bonds. The molecule has 8 rings (SSSR count). The molecule has 1 heterocycles. The van der Waals surface area contributed by atoms with E-state index < -0.39 is 0 Å². The molecule has 0 aliphatic rings. The van der Waals surface area contributed by atoms with E-state index in [1.807, 2.05) is 11.3 Å². The van der Waals surface area contributed by atoms with Gasteiger partial charge in [0.05, 0.1) is 0 Å². The maximum absolute atomic E-state index is 2.31. The van der Waals surface area contributed by atoms with Crippen molar-refractivity contribution in [2.45, 2.75) is 0 Å². The van der Waals surface area contributed by atoms with Crippen LogP contribution in [0.4, 0.5) is 0 Å². The van der Waals surface area contributed by atoms with Gasteiger partial charge in [0.2, 0.25) is 0 Å². The first-order valence-corrected chi connectivity index (χ1v) is 14.2. The van der Waals surface area contributed by atoms with Crippen LogP contribution >= 0.6 is 11.3 Å². The lowest BCUT2D eigenvalue weighted by molar-refractivity contribution is 1.61. The van der Waals surface area contributed by atoms with Gasteiger partial charge in [0.25, 0.3) is 0 Å². The SMILES string of the molecule is c1ccc(-c2ccccc2-c2c3ccccc3c(-c3cccc4c3sc3ccccc34)c3ccccc23)cc1. The summed E-state index contributed by atoms with van der Waals surface area (Å²) in [7, 11) is 0. The molecule has 0 saturated carbocycles. The molecule has 0 radical (unpaired) electrons. The quantitative estimate of drug-likeness (QED) is 0.207. The fourth-order valence-electron chi connectivity index (χ4n) is 6.22. The highest BCUT2D eigenvalue weighted by atomic mass is 32.1. The first-order chi connectivity index (χ1) is 19.4. The number of hydrogen-bond acceptors (Lipinski definition) is 1. The molecule has 0 aliphatic carbocycles. The first-order valence-electron chi connectivity index (χ1n) is 13.4. The summed E-state index contributed by atoms with van der Waals surface area (Å²) in [5.41, 5.74) is 7.69. The Balaban J connectivity index is 1.53. The van der Waals surface area contributed by atoms with E-state index in [2.05, 4.69) is 146 Å². The molecule has 0 nitrogen and oxygen atoms in total. The summed E-state index contributed by atoms with van der Waals surface area (Å²) in [6, 6.07) is 53.1. The number of fused-ring (bicyclic) bond motifs is 5. The van der Waals surface area contributed by atoms with Crippen molar-refractivity contribution in [3.8, 4) is 33.4 Å². The monoisotopic (exact) mass is 512 g/mol. The Hall–Kier alpha value is -4.72. The minimum absolute atomic E-state index is 1.24. The second-order valence-corrected chi connectivity index (χ2v) is 11.1. The third-order valence-electron chi connectivity index (χ3n) is 7.89. The molecule has 0 atom stereocenters. The van der Waals surface area contributed by atoms with Gasteiger partial charge in [-0.25, -0.2) is 0 Å². The van der Waals surface area contributed by atoms with Crippen molar-refractivity contribution >= 4 is 53.1 Å². The van der Waals surface area contributed by atoms with Gasteiger partial charge in [-0.15, -0.1) is 11.3 Å². The van der Waals surface area contributed by atoms with Crippen molar-refractivity contribution in [1.29, 1.82) is 0 Å². The number of benzene rings is 7. The van der Waals surface area contributed by atoms with Crippen molar-refractivity contribution in [3.05, 3.63) is 146 Å². The fraction of sp³-hybridized carbons (Fsp3) is 0. The summed E-state index contributed by atoms with van der Waals surface area (Å²) in [4.78, 5) is 0. The van der Waals surface area contributed by atoms with Crippen LogP contribution < -0.4 is 0 Å². The molecule has 0 unspecified atom stereocenters. The minimum Gasteiger partial charge on any atom is -0.135 e. The van der Waals surface area contributed by atoms with Gasteiger partial charge in [0.1, 0.15) is 0 Å². The molecule has 1 heteroatoms. The zero-order valence-electron chi connectivity index (χ0n) is 21.3. The van der Waals surface area contributed by atoms with E-state index in [1.54, 1.807) is 0 Å². The van der Waals surface area contributed by atoms with Crippen LogP contribution in [0.2, 0.25) is 0 Å². The van der Waals surface area contributed by atoms with E-state index >= 15 is 0 Å². The van der Waals surface area contributed by atoms with E-state index in [1.165, 1.54) is 75.1 Å². The zero-order valence-corrected chi connectivity index (χ0v) is 22.1. The first kappa shape index (κ1) is 22.3. The molecule has 0 aliphatic heterocycles. The van der Waals surface area contributed by atoms with Crippen LogP contribution in [0.25, 0.3) is 75.1 Å². The summed E-state index contributed by atoms with van der Waals surface area (Å²) >= 11 is 1.90. The Labute approximate surface area is 231 Å². The molecule has 8 aromatic rings. The third-order valence-corrected chi connectivity index (χ3v) is 9.11. The minimum atomic E-state index is 1.24. The molecule has 1 aromatic heterocycles. The van der Waals surface area contributed by atoms with Gasteiger partial charge >= 0.3 is 0 Å². The Bertz CT molecular complexity index is 2110. The molecule has 0 fully saturated rings. The van der Waals surface area contributed by atoms with Gasteiger partial charge in [-0.3, -0.25) is 0 Å². The van der Waals surface area contributed by atoms with Crippen LogP contribution in [0.5, 0.6) is 0 Å². The molecule has 39 heavy (non-hydrogen) atoms. The number of thiophene rings is 1. The van der Waals surface area contributed by atoms with Gasteiger partial charge in [-0.05, 0) is 55.4 Å². The van der Waals surface area contributed by atoms with E-state index in [0.29, 0.717) is 0 Å². The molecular formula is C38H24S. The second-order valence-electron chi connectivity index (χ2n) is 10.0. The van der Waals surface area contributed by atoms with E-state index in [4.69, 9.17) is 0 Å². The lowest BCUT2D eigenvalue weighted by atomic mass is 9.83. The normalized spacial score (nSPS) is 11.6. The van der Waals surface area contributed by atoms with E-state index in [-0.39, 0.29) is 0 Å². The fourth-order valence-corrected chi connectivity index (χ4v) is 7.45. The van der Waals surface area contributed by atoms with Crippen LogP contribution in [-0.2, 0) is 0 Å². The highest BCUT2D eigenvalue weighted by molar-refractivity contribution is 7.26. The molecule has 0 bridgehead atoms. The average Bonchev–Trinajstić information content (AvgIpc) is 3.39. The lowest BCUT2D eigenvalue weighted by Gasteiger charge is -2.20. The van der Waals surface area contributed by atoms with Crippen molar-refractivity contribution in [1.82, 2.24) is 0 Å². The Kier molecular flexibility index (Phi) is 5.11. The van der Waals surface area contributed by atoms with Gasteiger partial charge in [0.15, 0.2) is 0 Å². The molecule has 0 spiro atoms. The maximum Gasteiger partial charge on any atom is 0.0434 e. The van der Waals surface area contributed by atoms with Crippen molar-refractivity contribution in [2.24, 2.45) is 0 Å². The highest BCUT2D eigenvalue weighted by Crippen LogP contribution is 2.48. The molecule has 0 N–H and O–H groups in total. The summed E-state index contributed by atoms with van der Waals surface area (Å²) in [5.74, 6) is 0.